The lowest BCUT2D eigenvalue weighted by molar-refractivity contribution is 0.0735. The van der Waals surface area contributed by atoms with Gasteiger partial charge in [-0.3, -0.25) is 0 Å². The number of nitrogens with one attached hydrogen (secondary N) is 1. The number of carbonyl (C=O) groups is 1. The number of methoxy groups -OCH3 is 2. The minimum absolute atomic E-state index is 0.404. The van der Waals surface area contributed by atoms with Gasteiger partial charge in [0.25, 0.3) is 0 Å². The molecule has 0 bridgehead atoms. The van der Waals surface area contributed by atoms with E-state index in [0.29, 0.717) is 28.6 Å². The number of fused-ring (bicyclic) bond motifs is 1. The van der Waals surface area contributed by atoms with Gasteiger partial charge in [-0.1, -0.05) is 18.2 Å². The fourth-order valence-corrected chi connectivity index (χ4v) is 2.97. The van der Waals surface area contributed by atoms with Crippen molar-refractivity contribution in [3.63, 3.8) is 0 Å². The van der Waals surface area contributed by atoms with Gasteiger partial charge in [-0.15, -0.1) is 0 Å². The molecule has 150 valence electrons. The second-order valence-corrected chi connectivity index (χ2v) is 6.35. The SMILES string of the molecule is COc1cc2ncnc(Nc3ccc(OC(=O)c4ccccc4)cc3)c2cc1OC. The molecule has 0 aliphatic rings. The maximum Gasteiger partial charge on any atom is 0.343 e. The Balaban J connectivity index is 1.55. The molecule has 0 saturated carbocycles. The quantitative estimate of drug-likeness (QED) is 0.373. The summed E-state index contributed by atoms with van der Waals surface area (Å²) in [6.07, 6.45) is 1.48. The van der Waals surface area contributed by atoms with E-state index in [4.69, 9.17) is 14.2 Å². The van der Waals surface area contributed by atoms with Gasteiger partial charge in [-0.25, -0.2) is 14.8 Å². The van der Waals surface area contributed by atoms with Crippen molar-refractivity contribution in [1.82, 2.24) is 9.97 Å². The van der Waals surface area contributed by atoms with Crippen LogP contribution in [0.1, 0.15) is 10.4 Å². The van der Waals surface area contributed by atoms with Crippen molar-refractivity contribution in [2.45, 2.75) is 0 Å². The number of hydrogen-bond donors (Lipinski definition) is 1. The second kappa shape index (κ2) is 8.48. The minimum Gasteiger partial charge on any atom is -0.493 e. The highest BCUT2D eigenvalue weighted by atomic mass is 16.5. The number of aromatic nitrogens is 2. The molecule has 30 heavy (non-hydrogen) atoms. The molecular weight excluding hydrogens is 382 g/mol. The smallest absolute Gasteiger partial charge is 0.343 e. The normalized spacial score (nSPS) is 10.5. The summed E-state index contributed by atoms with van der Waals surface area (Å²) in [5.41, 5.74) is 2.00. The number of anilines is 2. The Morgan fingerprint density at radius 1 is 0.867 bits per heavy atom. The summed E-state index contributed by atoms with van der Waals surface area (Å²) in [5, 5.41) is 4.05. The number of nitrogens with zero attached hydrogens (tertiary/aromatic N) is 2. The topological polar surface area (TPSA) is 82.6 Å². The molecule has 0 amide bonds. The van der Waals surface area contributed by atoms with Gasteiger partial charge in [0.05, 0.1) is 25.3 Å². The van der Waals surface area contributed by atoms with Gasteiger partial charge in [-0.2, -0.15) is 0 Å². The first-order valence-electron chi connectivity index (χ1n) is 9.19. The highest BCUT2D eigenvalue weighted by molar-refractivity contribution is 5.93. The first kappa shape index (κ1) is 19.2. The van der Waals surface area contributed by atoms with Crippen LogP contribution in [0.4, 0.5) is 11.5 Å². The largest absolute Gasteiger partial charge is 0.493 e. The van der Waals surface area contributed by atoms with E-state index < -0.39 is 5.97 Å². The van der Waals surface area contributed by atoms with E-state index >= 15 is 0 Å². The van der Waals surface area contributed by atoms with Crippen molar-refractivity contribution in [2.75, 3.05) is 19.5 Å². The third-order valence-corrected chi connectivity index (χ3v) is 4.48. The summed E-state index contributed by atoms with van der Waals surface area (Å²) in [5.74, 6) is 1.85. The molecule has 0 fully saturated rings. The van der Waals surface area contributed by atoms with Gasteiger partial charge in [-0.05, 0) is 42.5 Å². The molecule has 7 nitrogen and oxygen atoms in total. The van der Waals surface area contributed by atoms with E-state index in [2.05, 4.69) is 15.3 Å². The number of rotatable bonds is 6. The monoisotopic (exact) mass is 401 g/mol. The van der Waals surface area contributed by atoms with Crippen LogP contribution in [0.3, 0.4) is 0 Å². The molecular formula is C23H19N3O4. The van der Waals surface area contributed by atoms with Crippen LogP contribution in [-0.2, 0) is 0 Å². The van der Waals surface area contributed by atoms with Crippen LogP contribution in [0.25, 0.3) is 10.9 Å². The molecule has 0 unspecified atom stereocenters. The van der Waals surface area contributed by atoms with Crippen LogP contribution in [0.5, 0.6) is 17.2 Å². The predicted octanol–water partition coefficient (Wildman–Crippen LogP) is 4.61. The van der Waals surface area contributed by atoms with Crippen LogP contribution in [0.2, 0.25) is 0 Å². The summed E-state index contributed by atoms with van der Waals surface area (Å²) in [6.45, 7) is 0. The molecule has 1 heterocycles. The molecule has 3 aromatic carbocycles. The first-order valence-corrected chi connectivity index (χ1v) is 9.19. The number of benzene rings is 3. The standard InChI is InChI=1S/C23H19N3O4/c1-28-20-12-18-19(13-21(20)29-2)24-14-25-22(18)26-16-8-10-17(11-9-16)30-23(27)15-6-4-3-5-7-15/h3-14H,1-2H3,(H,24,25,26). The molecule has 7 heteroatoms. The number of carbonyl (C=O) groups excluding carboxylic acids is 1. The Morgan fingerprint density at radius 3 is 2.27 bits per heavy atom. The van der Waals surface area contributed by atoms with Crippen LogP contribution < -0.4 is 19.5 Å². The lowest BCUT2D eigenvalue weighted by Gasteiger charge is -2.12. The van der Waals surface area contributed by atoms with Gasteiger partial charge < -0.3 is 19.5 Å². The van der Waals surface area contributed by atoms with Crippen molar-refractivity contribution in [1.29, 1.82) is 0 Å². The zero-order chi connectivity index (χ0) is 20.9. The zero-order valence-corrected chi connectivity index (χ0v) is 16.5. The lowest BCUT2D eigenvalue weighted by Crippen LogP contribution is -2.08. The van der Waals surface area contributed by atoms with E-state index in [-0.39, 0.29) is 0 Å². The van der Waals surface area contributed by atoms with Crippen molar-refractivity contribution >= 4 is 28.4 Å². The molecule has 1 N–H and O–H groups in total. The van der Waals surface area contributed by atoms with E-state index in [9.17, 15) is 4.79 Å². The van der Waals surface area contributed by atoms with Gasteiger partial charge in [0.1, 0.15) is 17.9 Å². The molecule has 0 spiro atoms. The van der Waals surface area contributed by atoms with Crippen LogP contribution >= 0.6 is 0 Å². The van der Waals surface area contributed by atoms with Crippen LogP contribution in [0, 0.1) is 0 Å². The number of ether oxygens (including phenoxy) is 3. The van der Waals surface area contributed by atoms with Crippen molar-refractivity contribution in [3.05, 3.63) is 78.6 Å². The average Bonchev–Trinajstić information content (AvgIpc) is 2.80. The number of esters is 1. The van der Waals surface area contributed by atoms with Crippen LogP contribution in [0.15, 0.2) is 73.1 Å². The molecule has 4 rings (SSSR count). The lowest BCUT2D eigenvalue weighted by atomic mass is 10.2. The molecule has 0 radical (unpaired) electrons. The molecule has 4 aromatic rings. The van der Waals surface area contributed by atoms with E-state index in [1.165, 1.54) is 6.33 Å². The van der Waals surface area contributed by atoms with Crippen molar-refractivity contribution < 1.29 is 19.0 Å². The van der Waals surface area contributed by atoms with Gasteiger partial charge in [0.15, 0.2) is 11.5 Å². The summed E-state index contributed by atoms with van der Waals surface area (Å²) < 4.78 is 16.1. The zero-order valence-electron chi connectivity index (χ0n) is 16.5. The average molecular weight is 401 g/mol. The fraction of sp³-hybridized carbons (Fsp3) is 0.0870. The fourth-order valence-electron chi connectivity index (χ4n) is 2.97. The van der Waals surface area contributed by atoms with E-state index in [0.717, 1.165) is 16.6 Å². The van der Waals surface area contributed by atoms with E-state index in [1.807, 2.05) is 24.3 Å². The van der Waals surface area contributed by atoms with Crippen molar-refractivity contribution in [2.24, 2.45) is 0 Å². The predicted molar refractivity (Wildman–Crippen MR) is 114 cm³/mol. The van der Waals surface area contributed by atoms with Crippen molar-refractivity contribution in [3.8, 4) is 17.2 Å². The maximum atomic E-state index is 12.2. The van der Waals surface area contributed by atoms with Gasteiger partial charge in [0.2, 0.25) is 0 Å². The summed E-state index contributed by atoms with van der Waals surface area (Å²) in [7, 11) is 3.16. The highest BCUT2D eigenvalue weighted by Gasteiger charge is 2.12. The van der Waals surface area contributed by atoms with Gasteiger partial charge in [0, 0.05) is 17.1 Å². The van der Waals surface area contributed by atoms with E-state index in [1.54, 1.807) is 56.7 Å². The van der Waals surface area contributed by atoms with Crippen LogP contribution in [-0.4, -0.2) is 30.2 Å². The Bertz CT molecular complexity index is 1180. The summed E-state index contributed by atoms with van der Waals surface area (Å²) in [6, 6.07) is 19.5. The summed E-state index contributed by atoms with van der Waals surface area (Å²) in [4.78, 5) is 20.8. The Kier molecular flexibility index (Phi) is 5.43. The third kappa shape index (κ3) is 4.00. The molecule has 0 atom stereocenters. The molecule has 0 saturated heterocycles. The van der Waals surface area contributed by atoms with Gasteiger partial charge >= 0.3 is 5.97 Å². The highest BCUT2D eigenvalue weighted by Crippen LogP contribution is 2.34. The minimum atomic E-state index is -0.404. The molecule has 0 aliphatic carbocycles. The maximum absolute atomic E-state index is 12.2. The third-order valence-electron chi connectivity index (χ3n) is 4.48. The Morgan fingerprint density at radius 2 is 1.57 bits per heavy atom. The molecule has 1 aromatic heterocycles. The first-order chi connectivity index (χ1) is 14.7. The molecule has 0 aliphatic heterocycles. The summed E-state index contributed by atoms with van der Waals surface area (Å²) >= 11 is 0. The Hall–Kier alpha value is -4.13. The number of hydrogen-bond acceptors (Lipinski definition) is 7. The Labute approximate surface area is 173 Å². The second-order valence-electron chi connectivity index (χ2n) is 6.35.